The SMILES string of the molecule is Cc1ccc(OCC(=O)NCCn2c(C3CC3)n[nH]c2=S)c(C)c1. The number of nitrogens with zero attached hydrogens (tertiary/aromatic N) is 2. The second-order valence-electron chi connectivity index (χ2n) is 6.22. The van der Waals surface area contributed by atoms with Gasteiger partial charge in [0.15, 0.2) is 11.4 Å². The minimum atomic E-state index is -0.141. The van der Waals surface area contributed by atoms with Crippen LogP contribution >= 0.6 is 12.2 Å². The molecule has 1 aliphatic rings. The first-order valence-corrected chi connectivity index (χ1v) is 8.57. The van der Waals surface area contributed by atoms with Gasteiger partial charge in [0.2, 0.25) is 0 Å². The van der Waals surface area contributed by atoms with E-state index in [1.165, 1.54) is 5.56 Å². The van der Waals surface area contributed by atoms with Crippen molar-refractivity contribution in [2.45, 2.75) is 39.2 Å². The van der Waals surface area contributed by atoms with Gasteiger partial charge in [0.25, 0.3) is 5.91 Å². The van der Waals surface area contributed by atoms with E-state index in [1.54, 1.807) is 0 Å². The summed E-state index contributed by atoms with van der Waals surface area (Å²) in [6.45, 7) is 5.13. The van der Waals surface area contributed by atoms with E-state index in [0.29, 0.717) is 23.8 Å². The normalized spacial score (nSPS) is 13.8. The minimum Gasteiger partial charge on any atom is -0.484 e. The number of carbonyl (C=O) groups is 1. The van der Waals surface area contributed by atoms with Crippen LogP contribution in [-0.2, 0) is 11.3 Å². The molecule has 1 aromatic heterocycles. The fourth-order valence-electron chi connectivity index (χ4n) is 2.66. The van der Waals surface area contributed by atoms with E-state index in [2.05, 4.69) is 15.5 Å². The molecule has 1 aliphatic carbocycles. The Morgan fingerprint density at radius 3 is 2.96 bits per heavy atom. The molecule has 0 atom stereocenters. The van der Waals surface area contributed by atoms with Crippen LogP contribution < -0.4 is 10.1 Å². The number of aromatic nitrogens is 3. The molecular formula is C17H22N4O2S. The number of benzene rings is 1. The Hall–Kier alpha value is -2.15. The molecule has 0 saturated heterocycles. The summed E-state index contributed by atoms with van der Waals surface area (Å²) in [7, 11) is 0. The largest absolute Gasteiger partial charge is 0.484 e. The van der Waals surface area contributed by atoms with E-state index in [4.69, 9.17) is 17.0 Å². The highest BCUT2D eigenvalue weighted by atomic mass is 32.1. The Morgan fingerprint density at radius 2 is 2.25 bits per heavy atom. The molecular weight excluding hydrogens is 324 g/mol. The van der Waals surface area contributed by atoms with E-state index < -0.39 is 0 Å². The van der Waals surface area contributed by atoms with Gasteiger partial charge in [-0.25, -0.2) is 0 Å². The zero-order valence-electron chi connectivity index (χ0n) is 14.0. The molecule has 24 heavy (non-hydrogen) atoms. The molecule has 7 heteroatoms. The summed E-state index contributed by atoms with van der Waals surface area (Å²) >= 11 is 5.25. The number of aromatic amines is 1. The van der Waals surface area contributed by atoms with E-state index in [9.17, 15) is 4.79 Å². The average molecular weight is 346 g/mol. The van der Waals surface area contributed by atoms with Crippen molar-refractivity contribution in [3.8, 4) is 5.75 Å². The summed E-state index contributed by atoms with van der Waals surface area (Å²) in [5.74, 6) is 2.11. The highest BCUT2D eigenvalue weighted by Gasteiger charge is 2.28. The monoisotopic (exact) mass is 346 g/mol. The first-order chi connectivity index (χ1) is 11.5. The van der Waals surface area contributed by atoms with Crippen molar-refractivity contribution in [3.63, 3.8) is 0 Å². The maximum Gasteiger partial charge on any atom is 0.258 e. The zero-order valence-corrected chi connectivity index (χ0v) is 14.8. The van der Waals surface area contributed by atoms with Crippen molar-refractivity contribution in [3.05, 3.63) is 39.9 Å². The van der Waals surface area contributed by atoms with Crippen LogP contribution in [0.3, 0.4) is 0 Å². The van der Waals surface area contributed by atoms with Crippen LogP contribution in [0.2, 0.25) is 0 Å². The Kier molecular flexibility index (Phi) is 4.99. The Morgan fingerprint density at radius 1 is 1.46 bits per heavy atom. The first kappa shape index (κ1) is 16.7. The highest BCUT2D eigenvalue weighted by Crippen LogP contribution is 2.38. The summed E-state index contributed by atoms with van der Waals surface area (Å²) in [5, 5.41) is 9.97. The third-order valence-corrected chi connectivity index (χ3v) is 4.39. The Bertz CT molecular complexity index is 792. The van der Waals surface area contributed by atoms with Gasteiger partial charge in [-0.2, -0.15) is 5.10 Å². The third kappa shape index (κ3) is 4.03. The molecule has 1 heterocycles. The molecule has 1 saturated carbocycles. The maximum absolute atomic E-state index is 11.9. The van der Waals surface area contributed by atoms with Gasteiger partial charge in [-0.05, 0) is 50.5 Å². The molecule has 0 aliphatic heterocycles. The minimum absolute atomic E-state index is 0.0101. The summed E-state index contributed by atoms with van der Waals surface area (Å²) in [4.78, 5) is 11.9. The lowest BCUT2D eigenvalue weighted by Gasteiger charge is -2.11. The number of amides is 1. The lowest BCUT2D eigenvalue weighted by Crippen LogP contribution is -2.32. The van der Waals surface area contributed by atoms with Crippen molar-refractivity contribution in [1.29, 1.82) is 0 Å². The van der Waals surface area contributed by atoms with Gasteiger partial charge < -0.3 is 14.6 Å². The van der Waals surface area contributed by atoms with Crippen LogP contribution in [0.25, 0.3) is 0 Å². The highest BCUT2D eigenvalue weighted by molar-refractivity contribution is 7.71. The summed E-state index contributed by atoms with van der Waals surface area (Å²) < 4.78 is 8.16. The molecule has 2 N–H and O–H groups in total. The smallest absolute Gasteiger partial charge is 0.258 e. The Labute approximate surface area is 146 Å². The molecule has 0 bridgehead atoms. The van der Waals surface area contributed by atoms with Crippen LogP contribution in [0.1, 0.15) is 35.7 Å². The average Bonchev–Trinajstić information content (AvgIpc) is 3.31. The van der Waals surface area contributed by atoms with E-state index in [0.717, 1.165) is 30.0 Å². The first-order valence-electron chi connectivity index (χ1n) is 8.16. The number of hydrogen-bond acceptors (Lipinski definition) is 4. The van der Waals surface area contributed by atoms with Crippen molar-refractivity contribution in [2.75, 3.05) is 13.2 Å². The van der Waals surface area contributed by atoms with Crippen molar-refractivity contribution in [2.24, 2.45) is 0 Å². The number of hydrogen-bond donors (Lipinski definition) is 2. The van der Waals surface area contributed by atoms with Gasteiger partial charge in [0.1, 0.15) is 11.6 Å². The molecule has 3 rings (SSSR count). The van der Waals surface area contributed by atoms with E-state index in [-0.39, 0.29) is 12.5 Å². The molecule has 1 amide bonds. The van der Waals surface area contributed by atoms with Crippen LogP contribution in [0.5, 0.6) is 5.75 Å². The van der Waals surface area contributed by atoms with Gasteiger partial charge >= 0.3 is 0 Å². The van der Waals surface area contributed by atoms with Crippen LogP contribution in [0.15, 0.2) is 18.2 Å². The van der Waals surface area contributed by atoms with Crippen molar-refractivity contribution >= 4 is 18.1 Å². The van der Waals surface area contributed by atoms with Crippen LogP contribution in [0, 0.1) is 18.6 Å². The summed E-state index contributed by atoms with van der Waals surface area (Å²) in [6.07, 6.45) is 2.32. The molecule has 1 aromatic carbocycles. The van der Waals surface area contributed by atoms with E-state index >= 15 is 0 Å². The topological polar surface area (TPSA) is 71.9 Å². The maximum atomic E-state index is 11.9. The molecule has 0 spiro atoms. The molecule has 1 fully saturated rings. The van der Waals surface area contributed by atoms with Crippen LogP contribution in [-0.4, -0.2) is 33.8 Å². The molecule has 0 unspecified atom stereocenters. The van der Waals surface area contributed by atoms with Crippen LogP contribution in [0.4, 0.5) is 0 Å². The number of carbonyl (C=O) groups excluding carboxylic acids is 1. The molecule has 2 aromatic rings. The van der Waals surface area contributed by atoms with Gasteiger partial charge in [-0.3, -0.25) is 9.89 Å². The van der Waals surface area contributed by atoms with E-state index in [1.807, 2.05) is 36.6 Å². The summed E-state index contributed by atoms with van der Waals surface area (Å²) in [6, 6.07) is 5.90. The number of aryl methyl sites for hydroxylation is 2. The predicted octanol–water partition coefficient (Wildman–Crippen LogP) is 2.63. The predicted molar refractivity (Wildman–Crippen MR) is 93.8 cm³/mol. The second-order valence-corrected chi connectivity index (χ2v) is 6.61. The van der Waals surface area contributed by atoms with Crippen molar-refractivity contribution in [1.82, 2.24) is 20.1 Å². The summed E-state index contributed by atoms with van der Waals surface area (Å²) in [5.41, 5.74) is 2.20. The fourth-order valence-corrected chi connectivity index (χ4v) is 2.89. The van der Waals surface area contributed by atoms with Gasteiger partial charge in [0.05, 0.1) is 0 Å². The zero-order chi connectivity index (χ0) is 17.1. The van der Waals surface area contributed by atoms with Gasteiger partial charge in [-0.15, -0.1) is 0 Å². The second kappa shape index (κ2) is 7.17. The fraction of sp³-hybridized carbons (Fsp3) is 0.471. The molecule has 6 nitrogen and oxygen atoms in total. The lowest BCUT2D eigenvalue weighted by atomic mass is 10.1. The van der Waals surface area contributed by atoms with Gasteiger partial charge in [-0.1, -0.05) is 17.7 Å². The number of rotatable bonds is 7. The number of H-pyrrole nitrogens is 1. The lowest BCUT2D eigenvalue weighted by molar-refractivity contribution is -0.123. The van der Waals surface area contributed by atoms with Crippen molar-refractivity contribution < 1.29 is 9.53 Å². The standard InChI is InChI=1S/C17H22N4O2S/c1-11-3-6-14(12(2)9-11)23-10-15(22)18-7-8-21-16(13-4-5-13)19-20-17(21)24/h3,6,9,13H,4-5,7-8,10H2,1-2H3,(H,18,22)(H,20,24). The number of nitrogens with one attached hydrogen (secondary N) is 2. The third-order valence-electron chi connectivity index (χ3n) is 4.08. The molecule has 128 valence electrons. The number of ether oxygens (including phenoxy) is 1. The molecule has 0 radical (unpaired) electrons. The Balaban J connectivity index is 1.46. The quantitative estimate of drug-likeness (QED) is 0.756. The van der Waals surface area contributed by atoms with Gasteiger partial charge in [0, 0.05) is 19.0 Å².